The predicted octanol–water partition coefficient (Wildman–Crippen LogP) is 4.46. The Morgan fingerprint density at radius 2 is 2.00 bits per heavy atom. The number of carbonyl (C=O) groups is 1. The van der Waals surface area contributed by atoms with Crippen molar-refractivity contribution in [3.63, 3.8) is 0 Å². The Morgan fingerprint density at radius 1 is 1.23 bits per heavy atom. The SMILES string of the molecule is COc1ccc(C(C)NC(=O)CCc2c(C)nc3c4ccccc4nn3c2C)cc1F. The fraction of sp³-hybridized carbons (Fsp3) is 0.292. The molecule has 2 aromatic heterocycles. The lowest BCUT2D eigenvalue weighted by atomic mass is 10.0. The molecular formula is C24H25FN4O2. The molecule has 31 heavy (non-hydrogen) atoms. The number of hydrogen-bond donors (Lipinski definition) is 1. The first-order valence-corrected chi connectivity index (χ1v) is 10.3. The molecular weight excluding hydrogens is 395 g/mol. The number of aryl methyl sites for hydroxylation is 2. The van der Waals surface area contributed by atoms with Gasteiger partial charge >= 0.3 is 0 Å². The minimum atomic E-state index is -0.446. The molecule has 0 fully saturated rings. The van der Waals surface area contributed by atoms with Gasteiger partial charge in [0.05, 0.1) is 18.7 Å². The first kappa shape index (κ1) is 20.8. The first-order valence-electron chi connectivity index (χ1n) is 10.3. The molecule has 1 atom stereocenters. The highest BCUT2D eigenvalue weighted by Crippen LogP contribution is 2.24. The van der Waals surface area contributed by atoms with Crippen molar-refractivity contribution in [2.45, 2.75) is 39.7 Å². The van der Waals surface area contributed by atoms with Crippen molar-refractivity contribution < 1.29 is 13.9 Å². The molecule has 2 heterocycles. The van der Waals surface area contributed by atoms with E-state index in [-0.39, 0.29) is 17.7 Å². The van der Waals surface area contributed by atoms with Crippen LogP contribution in [-0.2, 0) is 11.2 Å². The Morgan fingerprint density at radius 3 is 2.74 bits per heavy atom. The summed E-state index contributed by atoms with van der Waals surface area (Å²) in [7, 11) is 1.42. The van der Waals surface area contributed by atoms with Crippen molar-refractivity contribution in [2.24, 2.45) is 0 Å². The molecule has 1 N–H and O–H groups in total. The fourth-order valence-electron chi connectivity index (χ4n) is 3.93. The van der Waals surface area contributed by atoms with Gasteiger partial charge < -0.3 is 10.1 Å². The average molecular weight is 420 g/mol. The van der Waals surface area contributed by atoms with Crippen LogP contribution in [0, 0.1) is 19.7 Å². The van der Waals surface area contributed by atoms with Crippen LogP contribution in [0.3, 0.4) is 0 Å². The van der Waals surface area contributed by atoms with E-state index in [1.54, 1.807) is 12.1 Å². The van der Waals surface area contributed by atoms with Crippen molar-refractivity contribution >= 4 is 22.5 Å². The van der Waals surface area contributed by atoms with Gasteiger partial charge in [0.25, 0.3) is 0 Å². The zero-order valence-electron chi connectivity index (χ0n) is 18.1. The standard InChI is InChI=1S/C24H25FN4O2/c1-14(17-9-11-22(31-4)20(25)13-17)26-23(30)12-10-18-15(2)27-24-19-7-5-6-8-21(19)28-29(24)16(18)3/h5-9,11,13-14H,10,12H2,1-4H3,(H,26,30). The molecule has 1 amide bonds. The topological polar surface area (TPSA) is 68.5 Å². The molecule has 0 saturated carbocycles. The molecule has 0 aliphatic carbocycles. The van der Waals surface area contributed by atoms with E-state index < -0.39 is 5.82 Å². The van der Waals surface area contributed by atoms with Crippen molar-refractivity contribution in [3.8, 4) is 5.75 Å². The van der Waals surface area contributed by atoms with E-state index >= 15 is 0 Å². The minimum absolute atomic E-state index is 0.103. The Balaban J connectivity index is 1.49. The van der Waals surface area contributed by atoms with E-state index in [9.17, 15) is 9.18 Å². The van der Waals surface area contributed by atoms with Crippen LogP contribution < -0.4 is 10.1 Å². The van der Waals surface area contributed by atoms with Crippen LogP contribution in [0.25, 0.3) is 16.6 Å². The second-order valence-corrected chi connectivity index (χ2v) is 7.70. The summed E-state index contributed by atoms with van der Waals surface area (Å²) in [4.78, 5) is 17.3. The molecule has 0 saturated heterocycles. The van der Waals surface area contributed by atoms with Gasteiger partial charge in [-0.25, -0.2) is 13.9 Å². The molecule has 0 bridgehead atoms. The van der Waals surface area contributed by atoms with Gasteiger partial charge in [-0.2, -0.15) is 5.10 Å². The third-order valence-corrected chi connectivity index (χ3v) is 5.67. The van der Waals surface area contributed by atoms with Gasteiger partial charge in [-0.1, -0.05) is 18.2 Å². The molecule has 4 aromatic rings. The molecule has 4 rings (SSSR count). The van der Waals surface area contributed by atoms with Gasteiger partial charge in [0.1, 0.15) is 0 Å². The van der Waals surface area contributed by atoms with Gasteiger partial charge in [-0.05, 0) is 62.6 Å². The number of halogens is 1. The number of fused-ring (bicyclic) bond motifs is 3. The van der Waals surface area contributed by atoms with E-state index in [0.29, 0.717) is 18.4 Å². The van der Waals surface area contributed by atoms with Crippen LogP contribution in [0.1, 0.15) is 41.9 Å². The van der Waals surface area contributed by atoms with Gasteiger partial charge in [-0.15, -0.1) is 0 Å². The largest absolute Gasteiger partial charge is 0.494 e. The molecule has 6 nitrogen and oxygen atoms in total. The lowest BCUT2D eigenvalue weighted by Crippen LogP contribution is -2.27. The van der Waals surface area contributed by atoms with Gasteiger partial charge in [0.2, 0.25) is 5.91 Å². The van der Waals surface area contributed by atoms with Gasteiger partial charge in [0, 0.05) is 23.2 Å². The van der Waals surface area contributed by atoms with Crippen LogP contribution in [0.2, 0.25) is 0 Å². The maximum absolute atomic E-state index is 14.0. The summed E-state index contributed by atoms with van der Waals surface area (Å²) in [6, 6.07) is 12.3. The third kappa shape index (κ3) is 3.95. The van der Waals surface area contributed by atoms with Crippen LogP contribution in [0.5, 0.6) is 5.75 Å². The predicted molar refractivity (Wildman–Crippen MR) is 118 cm³/mol. The van der Waals surface area contributed by atoms with E-state index in [1.165, 1.54) is 13.2 Å². The number of rotatable bonds is 6. The Kier molecular flexibility index (Phi) is 5.59. The average Bonchev–Trinajstić information content (AvgIpc) is 3.12. The quantitative estimate of drug-likeness (QED) is 0.500. The summed E-state index contributed by atoms with van der Waals surface area (Å²) in [5.74, 6) is -0.367. The number of nitrogens with zero attached hydrogens (tertiary/aromatic N) is 3. The summed E-state index contributed by atoms with van der Waals surface area (Å²) in [5.41, 5.74) is 5.30. The van der Waals surface area contributed by atoms with Crippen molar-refractivity contribution in [2.75, 3.05) is 7.11 Å². The van der Waals surface area contributed by atoms with Gasteiger partial charge in [0.15, 0.2) is 17.2 Å². The zero-order chi connectivity index (χ0) is 22.1. The van der Waals surface area contributed by atoms with Crippen LogP contribution in [-0.4, -0.2) is 27.6 Å². The second kappa shape index (κ2) is 8.34. The van der Waals surface area contributed by atoms with Crippen molar-refractivity contribution in [1.29, 1.82) is 0 Å². The third-order valence-electron chi connectivity index (χ3n) is 5.67. The maximum atomic E-state index is 14.0. The Bertz CT molecular complexity index is 1280. The number of hydrogen-bond acceptors (Lipinski definition) is 4. The summed E-state index contributed by atoms with van der Waals surface area (Å²) in [6.07, 6.45) is 0.852. The molecule has 2 aromatic carbocycles. The normalized spacial score (nSPS) is 12.3. The fourth-order valence-corrected chi connectivity index (χ4v) is 3.93. The van der Waals surface area contributed by atoms with E-state index in [2.05, 4.69) is 10.4 Å². The molecule has 0 aliphatic rings. The number of ether oxygens (including phenoxy) is 1. The lowest BCUT2D eigenvalue weighted by molar-refractivity contribution is -0.121. The van der Waals surface area contributed by atoms with Crippen molar-refractivity contribution in [1.82, 2.24) is 19.9 Å². The molecule has 7 heteroatoms. The lowest BCUT2D eigenvalue weighted by Gasteiger charge is -2.16. The first-order chi connectivity index (χ1) is 14.9. The Labute approximate surface area is 180 Å². The minimum Gasteiger partial charge on any atom is -0.494 e. The monoisotopic (exact) mass is 420 g/mol. The van der Waals surface area contributed by atoms with Gasteiger partial charge in [-0.3, -0.25) is 4.79 Å². The summed E-state index contributed by atoms with van der Waals surface area (Å²) in [6.45, 7) is 5.80. The molecule has 1 unspecified atom stereocenters. The second-order valence-electron chi connectivity index (χ2n) is 7.70. The van der Waals surface area contributed by atoms with E-state index in [0.717, 1.165) is 33.5 Å². The molecule has 0 spiro atoms. The number of aromatic nitrogens is 3. The van der Waals surface area contributed by atoms with Crippen LogP contribution in [0.15, 0.2) is 42.5 Å². The molecule has 0 aliphatic heterocycles. The number of benzene rings is 2. The highest BCUT2D eigenvalue weighted by atomic mass is 19.1. The van der Waals surface area contributed by atoms with Crippen LogP contribution >= 0.6 is 0 Å². The highest BCUT2D eigenvalue weighted by Gasteiger charge is 2.16. The summed E-state index contributed by atoms with van der Waals surface area (Å²) < 4.78 is 20.8. The summed E-state index contributed by atoms with van der Waals surface area (Å²) >= 11 is 0. The van der Waals surface area contributed by atoms with Crippen LogP contribution in [0.4, 0.5) is 4.39 Å². The maximum Gasteiger partial charge on any atom is 0.220 e. The number of methoxy groups -OCH3 is 1. The molecule has 160 valence electrons. The number of carbonyl (C=O) groups excluding carboxylic acids is 1. The van der Waals surface area contributed by atoms with E-state index in [4.69, 9.17) is 9.72 Å². The highest BCUT2D eigenvalue weighted by molar-refractivity contribution is 5.92. The van der Waals surface area contributed by atoms with E-state index in [1.807, 2.05) is 49.6 Å². The molecule has 0 radical (unpaired) electrons. The smallest absolute Gasteiger partial charge is 0.220 e. The Hall–Kier alpha value is -3.48. The van der Waals surface area contributed by atoms with Crippen molar-refractivity contribution in [3.05, 3.63) is 70.8 Å². The number of nitrogens with one attached hydrogen (secondary N) is 1. The summed E-state index contributed by atoms with van der Waals surface area (Å²) in [5, 5.41) is 8.61. The number of amides is 1. The zero-order valence-corrected chi connectivity index (χ0v) is 18.1.